The van der Waals surface area contributed by atoms with Gasteiger partial charge >= 0.3 is 0 Å². The Labute approximate surface area is 196 Å². The zero-order chi connectivity index (χ0) is 23.4. The highest BCUT2D eigenvalue weighted by Gasteiger charge is 2.33. The predicted molar refractivity (Wildman–Crippen MR) is 129 cm³/mol. The number of aryl methyl sites for hydroxylation is 3. The number of hydrogen-bond donors (Lipinski definition) is 0. The van der Waals surface area contributed by atoms with Gasteiger partial charge in [-0.3, -0.25) is 9.78 Å². The quantitative estimate of drug-likeness (QED) is 0.512. The van der Waals surface area contributed by atoms with E-state index in [4.69, 9.17) is 9.72 Å². The van der Waals surface area contributed by atoms with Crippen molar-refractivity contribution in [1.29, 1.82) is 0 Å². The number of aromatic nitrogens is 3. The summed E-state index contributed by atoms with van der Waals surface area (Å²) >= 11 is 0. The molecule has 1 amide bonds. The van der Waals surface area contributed by atoms with Gasteiger partial charge < -0.3 is 9.64 Å². The van der Waals surface area contributed by atoms with Gasteiger partial charge in [0.1, 0.15) is 11.6 Å². The molecular formula is C27H32N4O2. The third-order valence-corrected chi connectivity index (χ3v) is 6.32. The lowest BCUT2D eigenvalue weighted by molar-refractivity contribution is -0.131. The lowest BCUT2D eigenvalue weighted by atomic mass is 9.97. The molecule has 0 radical (unpaired) electrons. The van der Waals surface area contributed by atoms with Gasteiger partial charge in [-0.2, -0.15) is 0 Å². The molecule has 33 heavy (non-hydrogen) atoms. The number of nitrogens with zero attached hydrogens (tertiary/aromatic N) is 4. The molecule has 1 aromatic carbocycles. The van der Waals surface area contributed by atoms with E-state index in [-0.39, 0.29) is 11.9 Å². The molecule has 1 aliphatic rings. The zero-order valence-corrected chi connectivity index (χ0v) is 20.0. The van der Waals surface area contributed by atoms with Crippen molar-refractivity contribution in [2.45, 2.75) is 58.9 Å². The number of methoxy groups -OCH3 is 1. The van der Waals surface area contributed by atoms with E-state index in [1.54, 1.807) is 13.3 Å². The van der Waals surface area contributed by atoms with Gasteiger partial charge in [0.15, 0.2) is 0 Å². The first-order valence-corrected chi connectivity index (χ1v) is 11.7. The molecule has 1 atom stereocenters. The summed E-state index contributed by atoms with van der Waals surface area (Å²) in [7, 11) is 1.65. The summed E-state index contributed by atoms with van der Waals surface area (Å²) in [5.74, 6) is 1.70. The maximum Gasteiger partial charge on any atom is 0.227 e. The van der Waals surface area contributed by atoms with Crippen molar-refractivity contribution in [2.24, 2.45) is 0 Å². The van der Waals surface area contributed by atoms with Crippen LogP contribution in [0.15, 0.2) is 42.9 Å². The van der Waals surface area contributed by atoms with Crippen molar-refractivity contribution in [3.63, 3.8) is 0 Å². The summed E-state index contributed by atoms with van der Waals surface area (Å²) in [6.45, 7) is 6.95. The van der Waals surface area contributed by atoms with Crippen molar-refractivity contribution >= 4 is 5.91 Å². The molecule has 0 saturated carbocycles. The fourth-order valence-corrected chi connectivity index (χ4v) is 4.67. The number of rotatable bonds is 7. The number of likely N-dealkylation sites (tertiary alicyclic amines) is 1. The summed E-state index contributed by atoms with van der Waals surface area (Å²) in [5.41, 5.74) is 6.13. The lowest BCUT2D eigenvalue weighted by Gasteiger charge is -2.27. The van der Waals surface area contributed by atoms with Gasteiger partial charge in [0.25, 0.3) is 0 Å². The molecule has 2 aromatic heterocycles. The van der Waals surface area contributed by atoms with Crippen LogP contribution < -0.4 is 4.74 Å². The molecule has 0 aliphatic carbocycles. The van der Waals surface area contributed by atoms with Crippen LogP contribution in [0.1, 0.15) is 60.4 Å². The molecule has 1 fully saturated rings. The fraction of sp³-hybridized carbons (Fsp3) is 0.407. The third kappa shape index (κ3) is 4.90. The number of benzene rings is 1. The number of carbonyl (C=O) groups is 1. The monoisotopic (exact) mass is 444 g/mol. The number of ether oxygens (including phenoxy) is 1. The minimum absolute atomic E-state index is 0.0607. The molecule has 172 valence electrons. The smallest absolute Gasteiger partial charge is 0.227 e. The molecule has 0 spiro atoms. The summed E-state index contributed by atoms with van der Waals surface area (Å²) < 4.78 is 5.51. The van der Waals surface area contributed by atoms with Crippen LogP contribution in [0.2, 0.25) is 0 Å². The molecule has 3 aromatic rings. The number of carbonyl (C=O) groups excluding carboxylic acids is 1. The Bertz CT molecular complexity index is 1140. The number of amides is 1. The second-order valence-corrected chi connectivity index (χ2v) is 8.76. The number of hydrogen-bond acceptors (Lipinski definition) is 5. The Kier molecular flexibility index (Phi) is 7.02. The predicted octanol–water partition coefficient (Wildman–Crippen LogP) is 5.02. The van der Waals surface area contributed by atoms with Crippen LogP contribution in [0.4, 0.5) is 0 Å². The molecule has 0 unspecified atom stereocenters. The standard InChI is InChI=1S/C27H32N4O2/c1-5-7-25-29-17-22(21-11-12-28-16-19(21)3)27(30-25)23-8-6-13-31(23)26(32)15-20-14-18(2)9-10-24(20)33-4/h9-12,14,16-17,23H,5-8,13,15H2,1-4H3/t23-/m1/s1. The Balaban J connectivity index is 1.70. The highest BCUT2D eigenvalue weighted by molar-refractivity contribution is 5.81. The zero-order valence-electron chi connectivity index (χ0n) is 20.0. The molecule has 0 N–H and O–H groups in total. The molecule has 0 bridgehead atoms. The Morgan fingerprint density at radius 2 is 2.03 bits per heavy atom. The van der Waals surface area contributed by atoms with Crippen molar-refractivity contribution in [2.75, 3.05) is 13.7 Å². The second kappa shape index (κ2) is 10.1. The molecular weight excluding hydrogens is 412 g/mol. The molecule has 1 saturated heterocycles. The minimum Gasteiger partial charge on any atom is -0.496 e. The molecule has 4 rings (SSSR count). The minimum atomic E-state index is -0.0607. The average Bonchev–Trinajstić information content (AvgIpc) is 3.30. The van der Waals surface area contributed by atoms with Crippen molar-refractivity contribution in [3.05, 3.63) is 71.1 Å². The van der Waals surface area contributed by atoms with Crippen LogP contribution in [-0.2, 0) is 17.6 Å². The highest BCUT2D eigenvalue weighted by atomic mass is 16.5. The van der Waals surface area contributed by atoms with Crippen LogP contribution in [0, 0.1) is 13.8 Å². The van der Waals surface area contributed by atoms with E-state index in [0.717, 1.165) is 77.3 Å². The van der Waals surface area contributed by atoms with Gasteiger partial charge in [-0.25, -0.2) is 9.97 Å². The van der Waals surface area contributed by atoms with Gasteiger partial charge in [-0.05, 0) is 56.4 Å². The summed E-state index contributed by atoms with van der Waals surface area (Å²) in [5, 5.41) is 0. The maximum atomic E-state index is 13.5. The van der Waals surface area contributed by atoms with E-state index >= 15 is 0 Å². The molecule has 1 aliphatic heterocycles. The van der Waals surface area contributed by atoms with E-state index in [1.165, 1.54) is 0 Å². The largest absolute Gasteiger partial charge is 0.496 e. The average molecular weight is 445 g/mol. The van der Waals surface area contributed by atoms with E-state index in [2.05, 4.69) is 16.9 Å². The third-order valence-electron chi connectivity index (χ3n) is 6.32. The Morgan fingerprint density at radius 3 is 2.79 bits per heavy atom. The van der Waals surface area contributed by atoms with E-state index < -0.39 is 0 Å². The number of pyridine rings is 1. The Morgan fingerprint density at radius 1 is 1.18 bits per heavy atom. The van der Waals surface area contributed by atoms with Gasteiger partial charge in [0, 0.05) is 42.7 Å². The van der Waals surface area contributed by atoms with Gasteiger partial charge in [0.05, 0.1) is 25.3 Å². The molecule has 3 heterocycles. The van der Waals surface area contributed by atoms with Crippen molar-refractivity contribution in [3.8, 4) is 16.9 Å². The van der Waals surface area contributed by atoms with E-state index in [9.17, 15) is 4.79 Å². The maximum absolute atomic E-state index is 13.5. The lowest BCUT2D eigenvalue weighted by Crippen LogP contribution is -2.33. The van der Waals surface area contributed by atoms with E-state index in [1.807, 2.05) is 55.4 Å². The normalized spacial score (nSPS) is 15.6. The second-order valence-electron chi connectivity index (χ2n) is 8.76. The Hall–Kier alpha value is -3.28. The first kappa shape index (κ1) is 22.9. The van der Waals surface area contributed by atoms with Crippen LogP contribution in [0.25, 0.3) is 11.1 Å². The van der Waals surface area contributed by atoms with Crippen LogP contribution in [-0.4, -0.2) is 39.4 Å². The van der Waals surface area contributed by atoms with Gasteiger partial charge in [-0.1, -0.05) is 24.6 Å². The molecule has 6 heteroatoms. The van der Waals surface area contributed by atoms with E-state index in [0.29, 0.717) is 6.42 Å². The van der Waals surface area contributed by atoms with Gasteiger partial charge in [-0.15, -0.1) is 0 Å². The first-order valence-electron chi connectivity index (χ1n) is 11.7. The van der Waals surface area contributed by atoms with Crippen molar-refractivity contribution in [1.82, 2.24) is 19.9 Å². The summed E-state index contributed by atoms with van der Waals surface area (Å²) in [6, 6.07) is 7.93. The topological polar surface area (TPSA) is 68.2 Å². The van der Waals surface area contributed by atoms with Crippen LogP contribution in [0.5, 0.6) is 5.75 Å². The summed E-state index contributed by atoms with van der Waals surface area (Å²) in [6.07, 6.45) is 9.57. The highest BCUT2D eigenvalue weighted by Crippen LogP contribution is 2.38. The van der Waals surface area contributed by atoms with Gasteiger partial charge in [0.2, 0.25) is 5.91 Å². The molecule has 6 nitrogen and oxygen atoms in total. The van der Waals surface area contributed by atoms with Crippen LogP contribution in [0.3, 0.4) is 0 Å². The summed E-state index contributed by atoms with van der Waals surface area (Å²) in [4.78, 5) is 29.4. The van der Waals surface area contributed by atoms with Crippen molar-refractivity contribution < 1.29 is 9.53 Å². The first-order chi connectivity index (χ1) is 16.0. The SMILES string of the molecule is CCCc1ncc(-c2ccncc2C)c([C@H]2CCCN2C(=O)Cc2cc(C)ccc2OC)n1. The van der Waals surface area contributed by atoms with Crippen LogP contribution >= 0.6 is 0 Å². The fourth-order valence-electron chi connectivity index (χ4n) is 4.67.